The number of rotatable bonds is 15. The first-order chi connectivity index (χ1) is 22.3. The van der Waals surface area contributed by atoms with E-state index in [2.05, 4.69) is 16.0 Å². The number of amidine groups is 1. The number of nitrogen functional groups attached to an aromatic ring is 1. The molecule has 48 heavy (non-hydrogen) atoms. The Morgan fingerprint density at radius 1 is 0.938 bits per heavy atom. The van der Waals surface area contributed by atoms with Crippen molar-refractivity contribution in [3.8, 4) is 0 Å². The maximum absolute atomic E-state index is 13.6. The number of nitrogens with zero attached hydrogens (tertiary/aromatic N) is 1. The van der Waals surface area contributed by atoms with Crippen molar-refractivity contribution in [3.05, 3.63) is 35.4 Å². The van der Waals surface area contributed by atoms with Crippen LogP contribution in [0.4, 0.5) is 13.2 Å². The molecule has 1 aliphatic carbocycles. The van der Waals surface area contributed by atoms with Gasteiger partial charge in [-0.1, -0.05) is 56.4 Å². The van der Waals surface area contributed by atoms with Crippen molar-refractivity contribution in [3.63, 3.8) is 0 Å². The number of nitrogens with two attached hydrogens (primary N) is 3. The van der Waals surface area contributed by atoms with E-state index in [-0.39, 0.29) is 30.6 Å². The van der Waals surface area contributed by atoms with E-state index >= 15 is 0 Å². The van der Waals surface area contributed by atoms with Crippen molar-refractivity contribution in [2.45, 2.75) is 76.0 Å². The van der Waals surface area contributed by atoms with Crippen LogP contribution in [0.25, 0.3) is 0 Å². The van der Waals surface area contributed by atoms with Crippen LogP contribution in [0.2, 0.25) is 0 Å². The molecule has 1 aromatic rings. The van der Waals surface area contributed by atoms with Gasteiger partial charge in [0.1, 0.15) is 23.8 Å². The number of nitrogens with one attached hydrogen (secondary N) is 5. The van der Waals surface area contributed by atoms with E-state index in [0.717, 1.165) is 32.1 Å². The molecule has 0 bridgehead atoms. The fraction of sp³-hybridized carbons (Fsp3) is 0.567. The molecule has 0 aromatic heterocycles. The number of hydrogen-bond acceptors (Lipinski definition) is 7. The lowest BCUT2D eigenvalue weighted by Crippen LogP contribution is -2.55. The molecular formula is C30H46F3N9O6. The van der Waals surface area contributed by atoms with Crippen molar-refractivity contribution in [1.82, 2.24) is 20.9 Å². The van der Waals surface area contributed by atoms with Gasteiger partial charge >= 0.3 is 12.1 Å². The minimum atomic E-state index is -5.08. The summed E-state index contributed by atoms with van der Waals surface area (Å²) in [5.74, 6) is -6.17. The molecule has 268 valence electrons. The van der Waals surface area contributed by atoms with Gasteiger partial charge in [0.05, 0.1) is 0 Å². The van der Waals surface area contributed by atoms with Crippen LogP contribution < -0.4 is 33.2 Å². The highest BCUT2D eigenvalue weighted by Crippen LogP contribution is 2.28. The largest absolute Gasteiger partial charge is 0.490 e. The Bertz CT molecular complexity index is 1290. The SMILES string of the molecule is CN(C)C(=O)C(Cc1ccc(C(=N)N)cc1)C(=O)NC(CC1CCCCC1)C(=O)N[C@H](CCCNC(=N)N)C(N)=O.O=C(O)C(F)(F)F. The molecule has 3 atom stereocenters. The highest BCUT2D eigenvalue weighted by molar-refractivity contribution is 6.02. The fourth-order valence-electron chi connectivity index (χ4n) is 5.01. The monoisotopic (exact) mass is 685 g/mol. The summed E-state index contributed by atoms with van der Waals surface area (Å²) in [7, 11) is 3.12. The number of aliphatic carboxylic acids is 1. The number of carbonyl (C=O) groups is 5. The van der Waals surface area contributed by atoms with Crippen molar-refractivity contribution < 1.29 is 42.3 Å². The van der Waals surface area contributed by atoms with Crippen LogP contribution in [0, 0.1) is 22.7 Å². The maximum Gasteiger partial charge on any atom is 0.490 e. The molecule has 4 amide bonds. The number of halogens is 3. The molecule has 0 radical (unpaired) electrons. The highest BCUT2D eigenvalue weighted by Gasteiger charge is 2.38. The number of primary amides is 1. The van der Waals surface area contributed by atoms with Crippen LogP contribution in [0.1, 0.15) is 62.5 Å². The molecule has 1 aromatic carbocycles. The number of carbonyl (C=O) groups excluding carboxylic acids is 4. The van der Waals surface area contributed by atoms with Crippen LogP contribution in [0.15, 0.2) is 24.3 Å². The number of benzene rings is 1. The Balaban J connectivity index is 0.00000148. The van der Waals surface area contributed by atoms with Gasteiger partial charge in [-0.25, -0.2) is 4.79 Å². The fourth-order valence-corrected chi connectivity index (χ4v) is 5.01. The normalized spacial score (nSPS) is 14.9. The van der Waals surface area contributed by atoms with Gasteiger partial charge in [-0.05, 0) is 37.2 Å². The van der Waals surface area contributed by atoms with Gasteiger partial charge in [0, 0.05) is 26.2 Å². The van der Waals surface area contributed by atoms with Crippen LogP contribution >= 0.6 is 0 Å². The second kappa shape index (κ2) is 19.7. The maximum atomic E-state index is 13.6. The number of carboxylic acid groups (broad SMARTS) is 1. The number of carboxylic acids is 1. The van der Waals surface area contributed by atoms with E-state index in [1.807, 2.05) is 0 Å². The topological polar surface area (TPSA) is 271 Å². The van der Waals surface area contributed by atoms with E-state index in [1.54, 1.807) is 38.4 Å². The van der Waals surface area contributed by atoms with Gasteiger partial charge in [0.25, 0.3) is 0 Å². The lowest BCUT2D eigenvalue weighted by atomic mass is 9.84. The van der Waals surface area contributed by atoms with E-state index in [0.29, 0.717) is 30.5 Å². The molecule has 1 fully saturated rings. The molecule has 0 aliphatic heterocycles. The second-order valence-corrected chi connectivity index (χ2v) is 11.7. The van der Waals surface area contributed by atoms with Crippen LogP contribution in [-0.2, 0) is 30.4 Å². The average molecular weight is 686 g/mol. The first-order valence-corrected chi connectivity index (χ1v) is 15.3. The van der Waals surface area contributed by atoms with Crippen molar-refractivity contribution in [1.29, 1.82) is 10.8 Å². The van der Waals surface area contributed by atoms with Gasteiger partial charge < -0.3 is 43.2 Å². The van der Waals surface area contributed by atoms with Gasteiger partial charge in [-0.15, -0.1) is 0 Å². The average Bonchev–Trinajstić information content (AvgIpc) is 3.00. The van der Waals surface area contributed by atoms with Crippen LogP contribution in [0.3, 0.4) is 0 Å². The van der Waals surface area contributed by atoms with E-state index in [9.17, 15) is 32.3 Å². The number of guanidine groups is 1. The van der Waals surface area contributed by atoms with E-state index < -0.39 is 53.8 Å². The predicted octanol–water partition coefficient (Wildman–Crippen LogP) is 0.539. The Morgan fingerprint density at radius 2 is 1.48 bits per heavy atom. The third-order valence-electron chi connectivity index (χ3n) is 7.57. The minimum absolute atomic E-state index is 0.0869. The quantitative estimate of drug-likeness (QED) is 0.0539. The first-order valence-electron chi connectivity index (χ1n) is 15.3. The van der Waals surface area contributed by atoms with Gasteiger partial charge in [0.15, 0.2) is 5.96 Å². The Labute approximate surface area is 276 Å². The summed E-state index contributed by atoms with van der Waals surface area (Å²) >= 11 is 0. The smallest absolute Gasteiger partial charge is 0.475 e. The lowest BCUT2D eigenvalue weighted by molar-refractivity contribution is -0.192. The lowest BCUT2D eigenvalue weighted by Gasteiger charge is -2.29. The van der Waals surface area contributed by atoms with E-state index in [1.165, 1.54) is 4.90 Å². The summed E-state index contributed by atoms with van der Waals surface area (Å²) in [5, 5.41) is 30.1. The molecule has 1 saturated carbocycles. The molecule has 12 N–H and O–H groups in total. The van der Waals surface area contributed by atoms with Crippen molar-refractivity contribution in [2.75, 3.05) is 20.6 Å². The predicted molar refractivity (Wildman–Crippen MR) is 170 cm³/mol. The van der Waals surface area contributed by atoms with Gasteiger partial charge in [-0.2, -0.15) is 13.2 Å². The molecule has 0 saturated heterocycles. The second-order valence-electron chi connectivity index (χ2n) is 11.7. The third-order valence-corrected chi connectivity index (χ3v) is 7.57. The summed E-state index contributed by atoms with van der Waals surface area (Å²) in [6.45, 7) is 0.332. The first kappa shape index (κ1) is 41.1. The molecule has 15 nitrogen and oxygen atoms in total. The van der Waals surface area contributed by atoms with Gasteiger partial charge in [-0.3, -0.25) is 30.0 Å². The highest BCUT2D eigenvalue weighted by atomic mass is 19.4. The van der Waals surface area contributed by atoms with Crippen LogP contribution in [0.5, 0.6) is 0 Å². The molecule has 0 heterocycles. The molecule has 1 aliphatic rings. The summed E-state index contributed by atoms with van der Waals surface area (Å²) in [6, 6.07) is 4.81. The zero-order valence-corrected chi connectivity index (χ0v) is 27.0. The molecule has 2 rings (SSSR count). The molecular weight excluding hydrogens is 639 g/mol. The Kier molecular flexibility index (Phi) is 16.9. The number of amides is 4. The zero-order chi connectivity index (χ0) is 36.6. The molecule has 18 heteroatoms. The minimum Gasteiger partial charge on any atom is -0.475 e. The summed E-state index contributed by atoms with van der Waals surface area (Å²) in [6.07, 6.45) is 1.10. The van der Waals surface area contributed by atoms with Crippen molar-refractivity contribution in [2.24, 2.45) is 29.0 Å². The Morgan fingerprint density at radius 3 is 1.94 bits per heavy atom. The Hall–Kier alpha value is -4.90. The third kappa shape index (κ3) is 15.1. The zero-order valence-electron chi connectivity index (χ0n) is 27.0. The number of hydrogen-bond donors (Lipinski definition) is 9. The van der Waals surface area contributed by atoms with Crippen molar-refractivity contribution >= 4 is 41.4 Å². The summed E-state index contributed by atoms with van der Waals surface area (Å²) < 4.78 is 31.7. The summed E-state index contributed by atoms with van der Waals surface area (Å²) in [5.41, 5.74) is 17.6. The molecule has 0 spiro atoms. The van der Waals surface area contributed by atoms with Crippen LogP contribution in [-0.4, -0.2) is 90.3 Å². The van der Waals surface area contributed by atoms with E-state index in [4.69, 9.17) is 37.9 Å². The summed E-state index contributed by atoms with van der Waals surface area (Å²) in [4.78, 5) is 62.5. The standard InChI is InChI=1S/C28H45N9O4.C2HF3O2/c1-37(2)27(41)20(15-18-10-12-19(13-11-18)23(29)30)25(39)36-22(16-17-7-4-3-5-8-17)26(40)35-21(24(31)38)9-6-14-34-28(32)33;3-2(4,5)1(6)7/h10-13,17,20-22H,3-9,14-16H2,1-2H3,(H3,29,30)(H2,31,38)(H,35,40)(H,36,39)(H4,32,33,34);(H,6,7)/t20?,21-,22?;/m1./s1. The molecule has 2 unspecified atom stereocenters. The number of alkyl halides is 3. The van der Waals surface area contributed by atoms with Gasteiger partial charge in [0.2, 0.25) is 23.6 Å².